The van der Waals surface area contributed by atoms with E-state index in [0.717, 1.165) is 4.90 Å². The van der Waals surface area contributed by atoms with Gasteiger partial charge in [-0.25, -0.2) is 9.18 Å². The normalized spacial score (nSPS) is 26.8. The molecule has 1 N–H and O–H groups in total. The van der Waals surface area contributed by atoms with Crippen LogP contribution in [0, 0.1) is 5.82 Å². The highest BCUT2D eigenvalue weighted by atomic mass is 19.1. The topological polar surface area (TPSA) is 79.0 Å². The third-order valence-electron chi connectivity index (χ3n) is 4.57. The van der Waals surface area contributed by atoms with E-state index in [1.165, 1.54) is 25.1 Å². The minimum absolute atomic E-state index is 0.0725. The van der Waals surface area contributed by atoms with Crippen molar-refractivity contribution in [2.75, 3.05) is 26.2 Å². The summed E-state index contributed by atoms with van der Waals surface area (Å²) in [5.74, 6) is -1.57. The number of benzene rings is 1. The maximum atomic E-state index is 14.1. The van der Waals surface area contributed by atoms with Gasteiger partial charge < -0.3 is 15.0 Å². The van der Waals surface area contributed by atoms with Gasteiger partial charge in [-0.05, 0) is 19.9 Å². The fourth-order valence-electron chi connectivity index (χ4n) is 3.17. The number of hydrogen-bond donors (Lipinski definition) is 1. The Morgan fingerprint density at radius 3 is 2.80 bits per heavy atom. The largest absolute Gasteiger partial charge is 0.375 e. The van der Waals surface area contributed by atoms with E-state index in [0.29, 0.717) is 19.7 Å². The Bertz CT molecular complexity index is 726. The van der Waals surface area contributed by atoms with E-state index in [1.54, 1.807) is 11.0 Å². The molecule has 0 radical (unpaired) electrons. The standard InChI is InChI=1S/C17H20FN3O4/c1-11-9-20(7-8-25-11)14(22)10-21-15(23)17(2,19-16(21)24)12-5-3-4-6-13(12)18/h3-6,11H,7-10H2,1-2H3,(H,19,24)/t11-,17+/m0/s1. The van der Waals surface area contributed by atoms with Crippen molar-refractivity contribution in [1.82, 2.24) is 15.1 Å². The first-order valence-corrected chi connectivity index (χ1v) is 8.11. The van der Waals surface area contributed by atoms with Gasteiger partial charge in [-0.2, -0.15) is 0 Å². The highest BCUT2D eigenvalue weighted by Crippen LogP contribution is 2.30. The number of carbonyl (C=O) groups excluding carboxylic acids is 3. The monoisotopic (exact) mass is 349 g/mol. The van der Waals surface area contributed by atoms with Crippen molar-refractivity contribution in [1.29, 1.82) is 0 Å². The van der Waals surface area contributed by atoms with Crippen LogP contribution in [0.3, 0.4) is 0 Å². The van der Waals surface area contributed by atoms with Crippen LogP contribution in [0.4, 0.5) is 9.18 Å². The molecule has 4 amide bonds. The van der Waals surface area contributed by atoms with Crippen molar-refractivity contribution in [3.05, 3.63) is 35.6 Å². The highest BCUT2D eigenvalue weighted by Gasteiger charge is 2.50. The molecule has 2 aliphatic heterocycles. The number of rotatable bonds is 3. The maximum Gasteiger partial charge on any atom is 0.325 e. The summed E-state index contributed by atoms with van der Waals surface area (Å²) in [6.07, 6.45) is -0.0931. The molecule has 2 fully saturated rings. The average molecular weight is 349 g/mol. The number of morpholine rings is 1. The lowest BCUT2D eigenvalue weighted by molar-refractivity contribution is -0.143. The molecule has 2 aliphatic rings. The average Bonchev–Trinajstić information content (AvgIpc) is 2.79. The Morgan fingerprint density at radius 2 is 2.12 bits per heavy atom. The van der Waals surface area contributed by atoms with Gasteiger partial charge in [0.25, 0.3) is 5.91 Å². The molecule has 0 saturated carbocycles. The molecular formula is C17H20FN3O4. The molecular weight excluding hydrogens is 329 g/mol. The number of nitrogens with zero attached hydrogens (tertiary/aromatic N) is 2. The van der Waals surface area contributed by atoms with Gasteiger partial charge in [0.05, 0.1) is 12.7 Å². The smallest absolute Gasteiger partial charge is 0.325 e. The summed E-state index contributed by atoms with van der Waals surface area (Å²) in [5.41, 5.74) is -1.45. The van der Waals surface area contributed by atoms with Crippen LogP contribution in [0.2, 0.25) is 0 Å². The summed E-state index contributed by atoms with van der Waals surface area (Å²) < 4.78 is 19.5. The molecule has 1 aromatic carbocycles. The van der Waals surface area contributed by atoms with Crippen LogP contribution in [0.1, 0.15) is 19.4 Å². The molecule has 0 bridgehead atoms. The number of hydrogen-bond acceptors (Lipinski definition) is 4. The number of nitrogens with one attached hydrogen (secondary N) is 1. The number of halogens is 1. The number of amides is 4. The zero-order valence-electron chi connectivity index (χ0n) is 14.1. The zero-order chi connectivity index (χ0) is 18.2. The van der Waals surface area contributed by atoms with Crippen molar-refractivity contribution in [2.24, 2.45) is 0 Å². The van der Waals surface area contributed by atoms with Crippen molar-refractivity contribution in [3.63, 3.8) is 0 Å². The van der Waals surface area contributed by atoms with Crippen LogP contribution in [-0.4, -0.2) is 60.0 Å². The minimum Gasteiger partial charge on any atom is -0.375 e. The lowest BCUT2D eigenvalue weighted by Crippen LogP contribution is -2.49. The number of urea groups is 1. The van der Waals surface area contributed by atoms with Crippen molar-refractivity contribution < 1.29 is 23.5 Å². The molecule has 8 heteroatoms. The van der Waals surface area contributed by atoms with E-state index in [2.05, 4.69) is 5.32 Å². The quantitative estimate of drug-likeness (QED) is 0.820. The van der Waals surface area contributed by atoms with Gasteiger partial charge in [-0.3, -0.25) is 14.5 Å². The Labute approximate surface area is 144 Å². The highest BCUT2D eigenvalue weighted by molar-refractivity contribution is 6.09. The van der Waals surface area contributed by atoms with Crippen molar-refractivity contribution in [2.45, 2.75) is 25.5 Å². The Kier molecular flexibility index (Phi) is 4.47. The summed E-state index contributed by atoms with van der Waals surface area (Å²) in [4.78, 5) is 39.8. The maximum absolute atomic E-state index is 14.1. The predicted molar refractivity (Wildman–Crippen MR) is 86.0 cm³/mol. The van der Waals surface area contributed by atoms with Crippen molar-refractivity contribution >= 4 is 17.8 Å². The third-order valence-corrected chi connectivity index (χ3v) is 4.57. The molecule has 0 aliphatic carbocycles. The molecule has 0 aromatic heterocycles. The first-order chi connectivity index (χ1) is 11.8. The second kappa shape index (κ2) is 6.44. The molecule has 0 unspecified atom stereocenters. The van der Waals surface area contributed by atoms with Crippen LogP contribution < -0.4 is 5.32 Å². The molecule has 2 atom stereocenters. The number of ether oxygens (including phenoxy) is 1. The van der Waals surface area contributed by atoms with E-state index < -0.39 is 23.3 Å². The van der Waals surface area contributed by atoms with Gasteiger partial charge in [0.15, 0.2) is 0 Å². The Hall–Kier alpha value is -2.48. The first kappa shape index (κ1) is 17.3. The Morgan fingerprint density at radius 1 is 1.40 bits per heavy atom. The summed E-state index contributed by atoms with van der Waals surface area (Å²) in [6, 6.07) is 5.06. The molecule has 0 spiro atoms. The van der Waals surface area contributed by atoms with Crippen LogP contribution in [-0.2, 0) is 19.9 Å². The van der Waals surface area contributed by atoms with Gasteiger partial charge in [-0.15, -0.1) is 0 Å². The molecule has 3 rings (SSSR count). The van der Waals surface area contributed by atoms with Crippen LogP contribution in [0.15, 0.2) is 24.3 Å². The summed E-state index contributed by atoms with van der Waals surface area (Å²) in [6.45, 7) is 4.15. The van der Waals surface area contributed by atoms with Crippen LogP contribution >= 0.6 is 0 Å². The molecule has 2 saturated heterocycles. The zero-order valence-corrected chi connectivity index (χ0v) is 14.1. The first-order valence-electron chi connectivity index (χ1n) is 8.11. The molecule has 25 heavy (non-hydrogen) atoms. The van der Waals surface area contributed by atoms with E-state index in [4.69, 9.17) is 4.74 Å². The number of carbonyl (C=O) groups is 3. The van der Waals surface area contributed by atoms with Gasteiger partial charge in [0, 0.05) is 18.7 Å². The molecule has 7 nitrogen and oxygen atoms in total. The molecule has 134 valence electrons. The summed E-state index contributed by atoms with van der Waals surface area (Å²) >= 11 is 0. The van der Waals surface area contributed by atoms with Crippen LogP contribution in [0.25, 0.3) is 0 Å². The fraction of sp³-hybridized carbons (Fsp3) is 0.471. The van der Waals surface area contributed by atoms with Gasteiger partial charge in [0.1, 0.15) is 17.9 Å². The van der Waals surface area contributed by atoms with E-state index in [-0.39, 0.29) is 24.1 Å². The fourth-order valence-corrected chi connectivity index (χ4v) is 3.17. The minimum atomic E-state index is -1.53. The van der Waals surface area contributed by atoms with Crippen LogP contribution in [0.5, 0.6) is 0 Å². The number of imide groups is 1. The Balaban J connectivity index is 1.78. The van der Waals surface area contributed by atoms with E-state index in [9.17, 15) is 18.8 Å². The predicted octanol–water partition coefficient (Wildman–Crippen LogP) is 0.840. The van der Waals surface area contributed by atoms with E-state index in [1.807, 2.05) is 6.92 Å². The second-order valence-electron chi connectivity index (χ2n) is 6.45. The van der Waals surface area contributed by atoms with Gasteiger partial charge in [0.2, 0.25) is 5.91 Å². The second-order valence-corrected chi connectivity index (χ2v) is 6.45. The van der Waals surface area contributed by atoms with Gasteiger partial charge in [-0.1, -0.05) is 18.2 Å². The lowest BCUT2D eigenvalue weighted by Gasteiger charge is -2.32. The molecule has 2 heterocycles. The van der Waals surface area contributed by atoms with Gasteiger partial charge >= 0.3 is 6.03 Å². The summed E-state index contributed by atoms with van der Waals surface area (Å²) in [7, 11) is 0. The summed E-state index contributed by atoms with van der Waals surface area (Å²) in [5, 5.41) is 2.51. The lowest BCUT2D eigenvalue weighted by atomic mass is 9.91. The third kappa shape index (κ3) is 3.09. The van der Waals surface area contributed by atoms with Crippen molar-refractivity contribution in [3.8, 4) is 0 Å². The molecule has 1 aromatic rings. The SMILES string of the molecule is C[C@H]1CN(C(=O)CN2C(=O)N[C@](C)(c3ccccc3F)C2=O)CCO1. The van der Waals surface area contributed by atoms with E-state index >= 15 is 0 Å².